The molecule has 0 unspecified atom stereocenters. The van der Waals surface area contributed by atoms with E-state index in [0.29, 0.717) is 5.56 Å². The molecule has 0 aliphatic heterocycles. The van der Waals surface area contributed by atoms with E-state index in [1.165, 1.54) is 42.5 Å². The Morgan fingerprint density at radius 2 is 1.56 bits per heavy atom. The van der Waals surface area contributed by atoms with Gasteiger partial charge in [0, 0.05) is 13.1 Å². The number of benzene rings is 4. The van der Waals surface area contributed by atoms with Crippen LogP contribution in [0.4, 0.5) is 24.5 Å². The summed E-state index contributed by atoms with van der Waals surface area (Å²) in [4.78, 5) is 13.8. The molecule has 1 amide bonds. The molecule has 0 bridgehead atoms. The number of halogens is 3. The quantitative estimate of drug-likeness (QED) is 0.197. The Balaban J connectivity index is 1.62. The standard InChI is InChI=1S/C33H31F3N4O4S/c1-45(43,44)40(27-15-6-3-7-16-27)31-25(20-37)13-9-17-28(31)32(42)39-29(19-23-10-4-2-5-11-23)30(41)22-38-21-24-12-8-14-26(18-24)33(34,35)36/h2-18,29-30,38,41H,19,21-22H2,1H3,(H,39,42)/t29-,30+/m0/s1. The molecule has 3 N–H and O–H groups in total. The van der Waals surface area contributed by atoms with Gasteiger partial charge in [-0.15, -0.1) is 0 Å². The predicted molar refractivity (Wildman–Crippen MR) is 165 cm³/mol. The summed E-state index contributed by atoms with van der Waals surface area (Å²) in [7, 11) is -4.03. The van der Waals surface area contributed by atoms with E-state index in [9.17, 15) is 36.8 Å². The van der Waals surface area contributed by atoms with Gasteiger partial charge in [-0.2, -0.15) is 18.4 Å². The van der Waals surface area contributed by atoms with E-state index in [1.54, 1.807) is 30.3 Å². The third-order valence-corrected chi connectivity index (χ3v) is 8.00. The van der Waals surface area contributed by atoms with E-state index in [0.717, 1.165) is 28.3 Å². The predicted octanol–water partition coefficient (Wildman–Crippen LogP) is 5.17. The van der Waals surface area contributed by atoms with Crippen LogP contribution < -0.4 is 14.9 Å². The summed E-state index contributed by atoms with van der Waals surface area (Å²) in [6.45, 7) is -0.0552. The Morgan fingerprint density at radius 1 is 0.933 bits per heavy atom. The average Bonchev–Trinajstić information content (AvgIpc) is 3.01. The van der Waals surface area contributed by atoms with E-state index in [2.05, 4.69) is 10.6 Å². The van der Waals surface area contributed by atoms with Crippen LogP contribution in [-0.2, 0) is 29.2 Å². The van der Waals surface area contributed by atoms with Gasteiger partial charge in [0.25, 0.3) is 5.91 Å². The van der Waals surface area contributed by atoms with E-state index in [-0.39, 0.29) is 42.0 Å². The zero-order valence-corrected chi connectivity index (χ0v) is 25.0. The van der Waals surface area contributed by atoms with Gasteiger partial charge in [-0.25, -0.2) is 12.7 Å². The van der Waals surface area contributed by atoms with E-state index < -0.39 is 39.8 Å². The topological polar surface area (TPSA) is 123 Å². The third kappa shape index (κ3) is 8.69. The Labute approximate surface area is 259 Å². The molecule has 0 heterocycles. The highest BCUT2D eigenvalue weighted by molar-refractivity contribution is 7.92. The Morgan fingerprint density at radius 3 is 2.18 bits per heavy atom. The van der Waals surface area contributed by atoms with Crippen LogP contribution in [0, 0.1) is 11.3 Å². The summed E-state index contributed by atoms with van der Waals surface area (Å²) in [5, 5.41) is 26.8. The number of amides is 1. The van der Waals surface area contributed by atoms with Gasteiger partial charge in [0.2, 0.25) is 10.0 Å². The smallest absolute Gasteiger partial charge is 0.390 e. The van der Waals surface area contributed by atoms with Crippen molar-refractivity contribution in [3.8, 4) is 6.07 Å². The Bertz CT molecular complexity index is 1760. The molecular weight excluding hydrogens is 605 g/mol. The highest BCUT2D eigenvalue weighted by Gasteiger charge is 2.31. The molecule has 2 atom stereocenters. The van der Waals surface area contributed by atoms with Gasteiger partial charge in [0.15, 0.2) is 0 Å². The second kappa shape index (κ2) is 14.4. The van der Waals surface area contributed by atoms with Gasteiger partial charge >= 0.3 is 6.18 Å². The molecule has 0 aliphatic rings. The number of carbonyl (C=O) groups excluding carboxylic acids is 1. The number of aliphatic hydroxyl groups is 1. The van der Waals surface area contributed by atoms with Crippen LogP contribution in [0.3, 0.4) is 0 Å². The molecule has 4 aromatic rings. The lowest BCUT2D eigenvalue weighted by atomic mass is 9.99. The average molecular weight is 637 g/mol. The van der Waals surface area contributed by atoms with E-state index >= 15 is 0 Å². The van der Waals surface area contributed by atoms with Crippen LogP contribution in [0.5, 0.6) is 0 Å². The fraction of sp³-hybridized carbons (Fsp3) is 0.212. The molecule has 12 heteroatoms. The lowest BCUT2D eigenvalue weighted by molar-refractivity contribution is -0.137. The van der Waals surface area contributed by atoms with E-state index in [4.69, 9.17) is 0 Å². The molecule has 0 saturated heterocycles. The molecular formula is C33H31F3N4O4S. The number of nitrogens with one attached hydrogen (secondary N) is 2. The van der Waals surface area contributed by atoms with Crippen LogP contribution in [0.15, 0.2) is 103 Å². The highest BCUT2D eigenvalue weighted by Crippen LogP contribution is 2.34. The number of hydrogen-bond donors (Lipinski definition) is 3. The molecule has 4 aromatic carbocycles. The Kier molecular flexibility index (Phi) is 10.6. The van der Waals surface area contributed by atoms with Gasteiger partial charge in [0.05, 0.1) is 46.5 Å². The maximum Gasteiger partial charge on any atom is 0.416 e. The minimum Gasteiger partial charge on any atom is -0.390 e. The number of hydrogen-bond acceptors (Lipinski definition) is 6. The van der Waals surface area contributed by atoms with Crippen molar-refractivity contribution >= 4 is 27.3 Å². The van der Waals surface area contributed by atoms with Crippen molar-refractivity contribution in [3.05, 3.63) is 131 Å². The molecule has 234 valence electrons. The number of nitrogens with zero attached hydrogens (tertiary/aromatic N) is 2. The molecule has 45 heavy (non-hydrogen) atoms. The van der Waals surface area contributed by atoms with Crippen LogP contribution in [0.25, 0.3) is 0 Å². The van der Waals surface area contributed by atoms with Crippen molar-refractivity contribution in [2.24, 2.45) is 0 Å². The lowest BCUT2D eigenvalue weighted by Crippen LogP contribution is -2.49. The number of rotatable bonds is 12. The van der Waals surface area contributed by atoms with Crippen molar-refractivity contribution in [3.63, 3.8) is 0 Å². The Hall–Kier alpha value is -4.70. The van der Waals surface area contributed by atoms with Crippen molar-refractivity contribution in [1.29, 1.82) is 5.26 Å². The minimum atomic E-state index is -4.49. The highest BCUT2D eigenvalue weighted by atomic mass is 32.2. The fourth-order valence-corrected chi connectivity index (χ4v) is 5.88. The monoisotopic (exact) mass is 636 g/mol. The number of para-hydroxylation sites is 2. The molecule has 8 nitrogen and oxygen atoms in total. The first-order valence-electron chi connectivity index (χ1n) is 13.9. The maximum atomic E-state index is 13.8. The van der Waals surface area contributed by atoms with Crippen LogP contribution >= 0.6 is 0 Å². The van der Waals surface area contributed by atoms with Crippen molar-refractivity contribution < 1.29 is 31.5 Å². The third-order valence-electron chi connectivity index (χ3n) is 6.94. The molecule has 4 rings (SSSR count). The number of aliphatic hydroxyl groups excluding tert-OH is 1. The second-order valence-electron chi connectivity index (χ2n) is 10.3. The molecule has 0 aromatic heterocycles. The van der Waals surface area contributed by atoms with Crippen LogP contribution in [-0.4, -0.2) is 44.4 Å². The number of anilines is 2. The van der Waals surface area contributed by atoms with Crippen molar-refractivity contribution in [1.82, 2.24) is 10.6 Å². The first-order chi connectivity index (χ1) is 21.4. The van der Waals surface area contributed by atoms with E-state index in [1.807, 2.05) is 24.3 Å². The van der Waals surface area contributed by atoms with Crippen molar-refractivity contribution in [2.75, 3.05) is 17.1 Å². The number of carbonyl (C=O) groups is 1. The molecule has 0 fully saturated rings. The number of sulfonamides is 1. The van der Waals surface area contributed by atoms with Gasteiger partial charge in [0.1, 0.15) is 6.07 Å². The molecule has 0 radical (unpaired) electrons. The zero-order valence-electron chi connectivity index (χ0n) is 24.2. The number of alkyl halides is 3. The zero-order chi connectivity index (χ0) is 32.6. The second-order valence-corrected chi connectivity index (χ2v) is 12.2. The summed E-state index contributed by atoms with van der Waals surface area (Å²) >= 11 is 0. The molecule has 0 saturated carbocycles. The first-order valence-corrected chi connectivity index (χ1v) is 15.7. The van der Waals surface area contributed by atoms with Crippen LogP contribution in [0.1, 0.15) is 32.6 Å². The minimum absolute atomic E-state index is 0.0295. The van der Waals surface area contributed by atoms with Crippen molar-refractivity contribution in [2.45, 2.75) is 31.3 Å². The summed E-state index contributed by atoms with van der Waals surface area (Å²) in [5.74, 6) is -0.732. The normalized spacial score (nSPS) is 13.0. The summed E-state index contributed by atoms with van der Waals surface area (Å²) in [5.41, 5.74) is 0.280. The fourth-order valence-electron chi connectivity index (χ4n) is 4.85. The van der Waals surface area contributed by atoms with Gasteiger partial charge in [-0.3, -0.25) is 4.79 Å². The van der Waals surface area contributed by atoms with Crippen LogP contribution in [0.2, 0.25) is 0 Å². The van der Waals surface area contributed by atoms with Gasteiger partial charge in [-0.05, 0) is 47.9 Å². The summed E-state index contributed by atoms with van der Waals surface area (Å²) < 4.78 is 66.4. The lowest BCUT2D eigenvalue weighted by Gasteiger charge is -2.28. The van der Waals surface area contributed by atoms with Gasteiger partial charge < -0.3 is 15.7 Å². The molecule has 0 spiro atoms. The first kappa shape index (κ1) is 33.2. The molecule has 0 aliphatic carbocycles. The maximum absolute atomic E-state index is 13.8. The largest absolute Gasteiger partial charge is 0.416 e. The SMILES string of the molecule is CS(=O)(=O)N(c1ccccc1)c1c(C#N)cccc1C(=O)N[C@@H](Cc1ccccc1)[C@H](O)CNCc1cccc(C(F)(F)F)c1. The summed E-state index contributed by atoms with van der Waals surface area (Å²) in [6.07, 6.45) is -4.55. The van der Waals surface area contributed by atoms with Gasteiger partial charge in [-0.1, -0.05) is 72.8 Å². The summed E-state index contributed by atoms with van der Waals surface area (Å²) in [6, 6.07) is 27.2. The number of nitriles is 1.